The number of rotatable bonds is 6. The van der Waals surface area contributed by atoms with Crippen LogP contribution in [0, 0.1) is 0 Å². The van der Waals surface area contributed by atoms with Gasteiger partial charge in [0.1, 0.15) is 5.75 Å². The Kier molecular flexibility index (Phi) is 6.49. The first-order chi connectivity index (χ1) is 9.31. The third-order valence-corrected chi connectivity index (χ3v) is 3.26. The molecule has 0 heterocycles. The average Bonchev–Trinajstić information content (AvgIpc) is 2.35. The van der Waals surface area contributed by atoms with E-state index in [0.29, 0.717) is 12.4 Å². The van der Waals surface area contributed by atoms with E-state index in [0.717, 1.165) is 16.6 Å². The zero-order chi connectivity index (χ0) is 15.2. The van der Waals surface area contributed by atoms with E-state index in [9.17, 15) is 4.79 Å². The fourth-order valence-corrected chi connectivity index (χ4v) is 1.87. The minimum absolute atomic E-state index is 0.0429. The summed E-state index contributed by atoms with van der Waals surface area (Å²) >= 11 is 3.52. The van der Waals surface area contributed by atoms with Gasteiger partial charge < -0.3 is 14.8 Å². The van der Waals surface area contributed by atoms with E-state index < -0.39 is 0 Å². The van der Waals surface area contributed by atoms with Crippen molar-refractivity contribution in [2.24, 2.45) is 0 Å². The molecule has 5 heteroatoms. The van der Waals surface area contributed by atoms with Crippen molar-refractivity contribution in [2.75, 3.05) is 13.2 Å². The van der Waals surface area contributed by atoms with Crippen LogP contribution in [-0.4, -0.2) is 24.7 Å². The van der Waals surface area contributed by atoms with Crippen molar-refractivity contribution in [3.63, 3.8) is 0 Å². The molecule has 1 N–H and O–H groups in total. The van der Waals surface area contributed by atoms with E-state index in [1.807, 2.05) is 18.2 Å². The molecule has 20 heavy (non-hydrogen) atoms. The van der Waals surface area contributed by atoms with E-state index in [1.165, 1.54) is 0 Å². The van der Waals surface area contributed by atoms with Gasteiger partial charge in [0.05, 0.1) is 6.61 Å². The number of esters is 1. The third kappa shape index (κ3) is 6.39. The van der Waals surface area contributed by atoms with Gasteiger partial charge in [-0.25, -0.2) is 4.79 Å². The SMILES string of the molecule is CCOC(=O)COc1ccc(Br)c(CNC(C)(C)C)c1. The van der Waals surface area contributed by atoms with Crippen molar-refractivity contribution in [2.45, 2.75) is 39.8 Å². The second-order valence-electron chi connectivity index (χ2n) is 5.45. The van der Waals surface area contributed by atoms with Crippen LogP contribution in [0.5, 0.6) is 5.75 Å². The molecular weight excluding hydrogens is 322 g/mol. The number of carbonyl (C=O) groups is 1. The van der Waals surface area contributed by atoms with Gasteiger partial charge in [-0.05, 0) is 51.5 Å². The molecule has 4 nitrogen and oxygen atoms in total. The quantitative estimate of drug-likeness (QED) is 0.805. The molecule has 1 rings (SSSR count). The highest BCUT2D eigenvalue weighted by molar-refractivity contribution is 9.10. The number of nitrogens with one attached hydrogen (secondary N) is 1. The van der Waals surface area contributed by atoms with Crippen LogP contribution in [0.4, 0.5) is 0 Å². The third-order valence-electron chi connectivity index (χ3n) is 2.49. The molecule has 0 aliphatic rings. The van der Waals surface area contributed by atoms with Gasteiger partial charge in [-0.3, -0.25) is 0 Å². The number of hydrogen-bond donors (Lipinski definition) is 1. The minimum atomic E-state index is -0.357. The maximum atomic E-state index is 11.3. The smallest absolute Gasteiger partial charge is 0.344 e. The fourth-order valence-electron chi connectivity index (χ4n) is 1.48. The van der Waals surface area contributed by atoms with Crippen molar-refractivity contribution in [3.05, 3.63) is 28.2 Å². The van der Waals surface area contributed by atoms with Crippen LogP contribution < -0.4 is 10.1 Å². The highest BCUT2D eigenvalue weighted by atomic mass is 79.9. The molecule has 0 aromatic heterocycles. The Labute approximate surface area is 129 Å². The Morgan fingerprint density at radius 3 is 2.65 bits per heavy atom. The lowest BCUT2D eigenvalue weighted by Crippen LogP contribution is -2.35. The first-order valence-electron chi connectivity index (χ1n) is 6.63. The number of benzene rings is 1. The molecule has 112 valence electrons. The molecule has 0 unspecified atom stereocenters. The molecule has 0 atom stereocenters. The fraction of sp³-hybridized carbons (Fsp3) is 0.533. The van der Waals surface area contributed by atoms with Crippen molar-refractivity contribution in [3.8, 4) is 5.75 Å². The average molecular weight is 344 g/mol. The summed E-state index contributed by atoms with van der Waals surface area (Å²) in [6.07, 6.45) is 0. The van der Waals surface area contributed by atoms with Gasteiger partial charge >= 0.3 is 5.97 Å². The topological polar surface area (TPSA) is 47.6 Å². The van der Waals surface area contributed by atoms with E-state index in [-0.39, 0.29) is 18.1 Å². The van der Waals surface area contributed by atoms with E-state index in [2.05, 4.69) is 42.0 Å². The van der Waals surface area contributed by atoms with Crippen LogP contribution in [0.15, 0.2) is 22.7 Å². The molecule has 0 aliphatic carbocycles. The summed E-state index contributed by atoms with van der Waals surface area (Å²) < 4.78 is 11.3. The van der Waals surface area contributed by atoms with Gasteiger partial charge in [-0.2, -0.15) is 0 Å². The minimum Gasteiger partial charge on any atom is -0.482 e. The Hall–Kier alpha value is -1.07. The Bertz CT molecular complexity index is 455. The second kappa shape index (κ2) is 7.64. The number of hydrogen-bond acceptors (Lipinski definition) is 4. The highest BCUT2D eigenvalue weighted by Gasteiger charge is 2.11. The summed E-state index contributed by atoms with van der Waals surface area (Å²) in [5, 5.41) is 3.41. The Morgan fingerprint density at radius 1 is 1.35 bits per heavy atom. The predicted octanol–water partition coefficient (Wildman–Crippen LogP) is 3.28. The predicted molar refractivity (Wildman–Crippen MR) is 82.9 cm³/mol. The summed E-state index contributed by atoms with van der Waals surface area (Å²) in [5.74, 6) is 0.303. The largest absolute Gasteiger partial charge is 0.482 e. The van der Waals surface area contributed by atoms with Crippen molar-refractivity contribution in [1.82, 2.24) is 5.32 Å². The maximum absolute atomic E-state index is 11.3. The van der Waals surface area contributed by atoms with Gasteiger partial charge in [-0.1, -0.05) is 15.9 Å². The zero-order valence-electron chi connectivity index (χ0n) is 12.5. The summed E-state index contributed by atoms with van der Waals surface area (Å²) in [6, 6.07) is 5.66. The summed E-state index contributed by atoms with van der Waals surface area (Å²) in [4.78, 5) is 11.3. The maximum Gasteiger partial charge on any atom is 0.344 e. The first-order valence-corrected chi connectivity index (χ1v) is 7.43. The summed E-state index contributed by atoms with van der Waals surface area (Å²) in [5.41, 5.74) is 1.13. The lowest BCUT2D eigenvalue weighted by atomic mass is 10.1. The molecule has 0 radical (unpaired) electrons. The lowest BCUT2D eigenvalue weighted by molar-refractivity contribution is -0.145. The van der Waals surface area contributed by atoms with Crippen molar-refractivity contribution in [1.29, 1.82) is 0 Å². The number of carbonyl (C=O) groups excluding carboxylic acids is 1. The molecule has 0 fully saturated rings. The second-order valence-corrected chi connectivity index (χ2v) is 6.30. The Balaban J connectivity index is 2.64. The molecule has 0 bridgehead atoms. The van der Waals surface area contributed by atoms with Crippen LogP contribution in [0.3, 0.4) is 0 Å². The normalized spacial score (nSPS) is 11.2. The molecule has 0 amide bonds. The van der Waals surface area contributed by atoms with Crippen LogP contribution in [-0.2, 0) is 16.1 Å². The zero-order valence-corrected chi connectivity index (χ0v) is 14.0. The van der Waals surface area contributed by atoms with Gasteiger partial charge in [0.15, 0.2) is 6.61 Å². The first kappa shape index (κ1) is 17.0. The van der Waals surface area contributed by atoms with Gasteiger partial charge in [-0.15, -0.1) is 0 Å². The highest BCUT2D eigenvalue weighted by Crippen LogP contribution is 2.23. The molecule has 1 aromatic rings. The van der Waals surface area contributed by atoms with Crippen molar-refractivity contribution < 1.29 is 14.3 Å². The van der Waals surface area contributed by atoms with Crippen LogP contribution in [0.25, 0.3) is 0 Å². The molecule has 0 spiro atoms. The van der Waals surface area contributed by atoms with Gasteiger partial charge in [0, 0.05) is 16.6 Å². The summed E-state index contributed by atoms with van der Waals surface area (Å²) in [7, 11) is 0. The van der Waals surface area contributed by atoms with E-state index in [4.69, 9.17) is 9.47 Å². The van der Waals surface area contributed by atoms with Crippen LogP contribution >= 0.6 is 15.9 Å². The lowest BCUT2D eigenvalue weighted by Gasteiger charge is -2.21. The van der Waals surface area contributed by atoms with Crippen molar-refractivity contribution >= 4 is 21.9 Å². The Morgan fingerprint density at radius 2 is 2.05 bits per heavy atom. The molecule has 0 saturated heterocycles. The van der Waals surface area contributed by atoms with E-state index in [1.54, 1.807) is 6.92 Å². The molecular formula is C15H22BrNO3. The summed E-state index contributed by atoms with van der Waals surface area (Å²) in [6.45, 7) is 9.13. The van der Waals surface area contributed by atoms with Crippen LogP contribution in [0.1, 0.15) is 33.3 Å². The molecule has 1 aromatic carbocycles. The molecule has 0 aliphatic heterocycles. The standard InChI is InChI=1S/C15H22BrNO3/c1-5-19-14(18)10-20-12-6-7-13(16)11(8-12)9-17-15(2,3)4/h6-8,17H,5,9-10H2,1-4H3. The van der Waals surface area contributed by atoms with Gasteiger partial charge in [0.25, 0.3) is 0 Å². The number of halogens is 1. The number of ether oxygens (including phenoxy) is 2. The molecule has 0 saturated carbocycles. The van der Waals surface area contributed by atoms with E-state index >= 15 is 0 Å². The van der Waals surface area contributed by atoms with Gasteiger partial charge in [0.2, 0.25) is 0 Å². The monoisotopic (exact) mass is 343 g/mol. The van der Waals surface area contributed by atoms with Crippen LogP contribution in [0.2, 0.25) is 0 Å².